The Hall–Kier alpha value is -3.48. The van der Waals surface area contributed by atoms with Crippen molar-refractivity contribution in [2.75, 3.05) is 32.1 Å². The smallest absolute Gasteiger partial charge is 0.396 e. The number of hydrogen-bond acceptors (Lipinski definition) is 17. The highest BCUT2D eigenvalue weighted by molar-refractivity contribution is 7.84. The van der Waals surface area contributed by atoms with Crippen LogP contribution in [0.25, 0.3) is 22.3 Å². The molecule has 252 valence electrons. The zero-order chi connectivity index (χ0) is 32.9. The summed E-state index contributed by atoms with van der Waals surface area (Å²) in [6.45, 7) is -0.586. The summed E-state index contributed by atoms with van der Waals surface area (Å²) in [5.41, 5.74) is 4.17. The molecule has 4 fully saturated rings. The summed E-state index contributed by atoms with van der Waals surface area (Å²) in [5.74, 6) is -0.727. The topological polar surface area (TPSA) is 292 Å². The standard InChI is InChI=1S/C23H27N10O12PS/c1-9-30-19-13(20(35)31-9)28-8-33(19)21-14-10(3-34)11(42-21)2-29-47(38,39)45-16-15-22(32-7-27-12-17(24)25-6-26-18(12)32)43-23(16,4-40-15)5-41-46(36,37)44-14/h6-8,10-11,14-16,21-22,29,34H,2-5H2,1H3,(H,36,37)(H2,24,25,26)(H,30,31,35). The fourth-order valence-corrected chi connectivity index (χ4v) is 8.43. The lowest BCUT2D eigenvalue weighted by Gasteiger charge is -2.32. The number of aromatic amines is 1. The van der Waals surface area contributed by atoms with Crippen molar-refractivity contribution < 1.29 is 50.4 Å². The van der Waals surface area contributed by atoms with E-state index in [0.717, 1.165) is 0 Å². The van der Waals surface area contributed by atoms with Gasteiger partial charge in [-0.05, 0) is 6.92 Å². The van der Waals surface area contributed by atoms with E-state index in [-0.39, 0.29) is 40.6 Å². The van der Waals surface area contributed by atoms with Crippen LogP contribution >= 0.6 is 7.82 Å². The highest BCUT2D eigenvalue weighted by Gasteiger charge is 2.66. The first-order valence-electron chi connectivity index (χ1n) is 14.1. The fraction of sp³-hybridized carbons (Fsp3) is 0.565. The van der Waals surface area contributed by atoms with Crippen LogP contribution in [0, 0.1) is 12.8 Å². The number of nitrogen functional groups attached to an aromatic ring is 1. The van der Waals surface area contributed by atoms with E-state index < -0.39 is 91.8 Å². The molecule has 4 bridgehead atoms. The predicted molar refractivity (Wildman–Crippen MR) is 152 cm³/mol. The van der Waals surface area contributed by atoms with Crippen LogP contribution in [0.15, 0.2) is 23.8 Å². The van der Waals surface area contributed by atoms with Gasteiger partial charge < -0.3 is 34.9 Å². The molecular weight excluding hydrogens is 671 g/mol. The Labute approximate surface area is 263 Å². The summed E-state index contributed by atoms with van der Waals surface area (Å²) in [7, 11) is -9.64. The first kappa shape index (κ1) is 30.8. The van der Waals surface area contributed by atoms with Crippen LogP contribution in [0.1, 0.15) is 18.3 Å². The molecule has 0 aliphatic carbocycles. The van der Waals surface area contributed by atoms with Gasteiger partial charge in [0.1, 0.15) is 41.6 Å². The number of phosphoric acid groups is 1. The Bertz CT molecular complexity index is 2110. The van der Waals surface area contributed by atoms with Gasteiger partial charge in [-0.2, -0.15) is 13.1 Å². The molecule has 8 rings (SSSR count). The van der Waals surface area contributed by atoms with E-state index in [4.69, 9.17) is 33.2 Å². The van der Waals surface area contributed by atoms with Crippen molar-refractivity contribution >= 4 is 46.3 Å². The van der Waals surface area contributed by atoms with Gasteiger partial charge >= 0.3 is 18.1 Å². The monoisotopic (exact) mass is 698 g/mol. The summed E-state index contributed by atoms with van der Waals surface area (Å²) in [6, 6.07) is 0. The molecule has 0 aromatic carbocycles. The van der Waals surface area contributed by atoms with Crippen molar-refractivity contribution in [2.45, 2.75) is 49.4 Å². The van der Waals surface area contributed by atoms with E-state index in [0.29, 0.717) is 0 Å². The van der Waals surface area contributed by atoms with Crippen LogP contribution in [0.5, 0.6) is 0 Å². The van der Waals surface area contributed by atoms with Crippen LogP contribution in [0.3, 0.4) is 0 Å². The quantitative estimate of drug-likeness (QED) is 0.141. The van der Waals surface area contributed by atoms with Gasteiger partial charge in [0.25, 0.3) is 5.56 Å². The number of nitrogens with two attached hydrogens (primary N) is 1. The first-order chi connectivity index (χ1) is 22.4. The number of imidazole rings is 2. The minimum Gasteiger partial charge on any atom is -0.396 e. The molecule has 0 saturated carbocycles. The van der Waals surface area contributed by atoms with Gasteiger partial charge in [0.05, 0.1) is 38.6 Å². The van der Waals surface area contributed by atoms with E-state index >= 15 is 0 Å². The lowest BCUT2D eigenvalue weighted by Crippen LogP contribution is -2.48. The van der Waals surface area contributed by atoms with E-state index in [1.54, 1.807) is 6.92 Å². The summed E-state index contributed by atoms with van der Waals surface area (Å²) in [4.78, 5) is 46.7. The summed E-state index contributed by atoms with van der Waals surface area (Å²) in [5, 5.41) is 10.3. The third-order valence-corrected chi connectivity index (χ3v) is 10.5. The van der Waals surface area contributed by atoms with Crippen LogP contribution in [-0.4, -0.2) is 114 Å². The number of aromatic nitrogens is 8. The predicted octanol–water partition coefficient (Wildman–Crippen LogP) is -2.24. The molecule has 9 unspecified atom stereocenters. The molecule has 22 nitrogen and oxygen atoms in total. The Kier molecular flexibility index (Phi) is 7.06. The highest BCUT2D eigenvalue weighted by Crippen LogP contribution is 2.54. The molecule has 4 aliphatic rings. The number of ether oxygens (including phenoxy) is 3. The maximum Gasteiger partial charge on any atom is 0.472 e. The number of rotatable bonds is 3. The average Bonchev–Trinajstić information content (AvgIpc) is 3.82. The maximum atomic E-state index is 13.6. The number of anilines is 1. The molecule has 6 N–H and O–H groups in total. The lowest BCUT2D eigenvalue weighted by atomic mass is 9.99. The minimum atomic E-state index is -5.04. The van der Waals surface area contributed by atoms with Gasteiger partial charge in [0.2, 0.25) is 0 Å². The van der Waals surface area contributed by atoms with E-state index in [9.17, 15) is 27.8 Å². The van der Waals surface area contributed by atoms with Crippen LogP contribution in [0.4, 0.5) is 5.82 Å². The van der Waals surface area contributed by atoms with Gasteiger partial charge in [-0.25, -0.2) is 33.7 Å². The van der Waals surface area contributed by atoms with Crippen LogP contribution in [-0.2, 0) is 42.3 Å². The summed E-state index contributed by atoms with van der Waals surface area (Å²) < 4.78 is 80.3. The normalized spacial score (nSPS) is 37.0. The molecule has 0 spiro atoms. The average molecular weight is 699 g/mol. The fourth-order valence-electron chi connectivity index (χ4n) is 6.43. The molecule has 4 saturated heterocycles. The first-order valence-corrected chi connectivity index (χ1v) is 17.0. The van der Waals surface area contributed by atoms with Gasteiger partial charge in [-0.1, -0.05) is 0 Å². The maximum absolute atomic E-state index is 13.6. The van der Waals surface area contributed by atoms with E-state index in [2.05, 4.69) is 34.6 Å². The number of hydrogen-bond donors (Lipinski definition) is 5. The number of H-pyrrole nitrogens is 1. The number of nitrogens with one attached hydrogen (secondary N) is 2. The second kappa shape index (κ2) is 10.8. The number of phosphoric ester groups is 1. The van der Waals surface area contributed by atoms with Crippen molar-refractivity contribution in [3.05, 3.63) is 35.2 Å². The van der Waals surface area contributed by atoms with Gasteiger partial charge in [0, 0.05) is 12.5 Å². The Morgan fingerprint density at radius 2 is 1.87 bits per heavy atom. The zero-order valence-corrected chi connectivity index (χ0v) is 25.9. The molecular formula is C23H27N10O12PS. The number of nitrogens with zero attached hydrogens (tertiary/aromatic N) is 7. The van der Waals surface area contributed by atoms with Crippen LogP contribution < -0.4 is 16.0 Å². The van der Waals surface area contributed by atoms with Gasteiger partial charge in [-0.3, -0.25) is 23.0 Å². The van der Waals surface area contributed by atoms with E-state index in [1.807, 2.05) is 0 Å². The van der Waals surface area contributed by atoms with Gasteiger partial charge in [0.15, 0.2) is 35.1 Å². The van der Waals surface area contributed by atoms with Crippen molar-refractivity contribution in [3.8, 4) is 0 Å². The molecule has 4 aliphatic heterocycles. The molecule has 9 atom stereocenters. The van der Waals surface area contributed by atoms with Crippen molar-refractivity contribution in [2.24, 2.45) is 5.92 Å². The molecule has 0 amide bonds. The number of aryl methyl sites for hydroxylation is 1. The number of fused-ring (bicyclic) bond motifs is 4. The number of aliphatic hydroxyl groups is 1. The summed E-state index contributed by atoms with van der Waals surface area (Å²) in [6.07, 6.45) is -3.62. The SMILES string of the molecule is Cc1nc2c(ncn2C2OC3CNS(=O)(=O)OC4C5OCC4(COP(=O)(O)OC2C3CO)OC5n2cnc3c(N)ncnc32)c(=O)[nH]1. The minimum absolute atomic E-state index is 0.0532. The van der Waals surface area contributed by atoms with Crippen LogP contribution in [0.2, 0.25) is 0 Å². The Morgan fingerprint density at radius 1 is 1.11 bits per heavy atom. The molecule has 8 heterocycles. The second-order valence-corrected chi connectivity index (χ2v) is 14.2. The Morgan fingerprint density at radius 3 is 2.66 bits per heavy atom. The Balaban J connectivity index is 1.15. The van der Waals surface area contributed by atoms with E-state index in [1.165, 1.54) is 28.1 Å². The third-order valence-electron chi connectivity index (χ3n) is 8.58. The molecule has 4 aromatic rings. The van der Waals surface area contributed by atoms with Crippen molar-refractivity contribution in [3.63, 3.8) is 0 Å². The number of aliphatic hydroxyl groups excluding tert-OH is 1. The van der Waals surface area contributed by atoms with Crippen molar-refractivity contribution in [1.82, 2.24) is 43.8 Å². The third kappa shape index (κ3) is 4.97. The van der Waals surface area contributed by atoms with Gasteiger partial charge in [-0.15, -0.1) is 0 Å². The van der Waals surface area contributed by atoms with Crippen molar-refractivity contribution in [1.29, 1.82) is 0 Å². The molecule has 4 aromatic heterocycles. The molecule has 47 heavy (non-hydrogen) atoms. The molecule has 0 radical (unpaired) electrons. The second-order valence-electron chi connectivity index (χ2n) is 11.5. The zero-order valence-electron chi connectivity index (χ0n) is 24.1. The lowest BCUT2D eigenvalue weighted by molar-refractivity contribution is -0.184. The summed E-state index contributed by atoms with van der Waals surface area (Å²) >= 11 is 0. The largest absolute Gasteiger partial charge is 0.472 e. The molecule has 24 heteroatoms. The highest BCUT2D eigenvalue weighted by atomic mass is 32.2.